The first-order chi connectivity index (χ1) is 17.0. The van der Waals surface area contributed by atoms with Gasteiger partial charge in [0.05, 0.1) is 22.1 Å². The summed E-state index contributed by atoms with van der Waals surface area (Å²) in [6.07, 6.45) is 2.46. The van der Waals surface area contributed by atoms with E-state index in [4.69, 9.17) is 9.29 Å². The van der Waals surface area contributed by atoms with E-state index in [-0.39, 0.29) is 89.0 Å². The predicted molar refractivity (Wildman–Crippen MR) is 134 cm³/mol. The maximum Gasteiger partial charge on any atom is 1.00 e. The van der Waals surface area contributed by atoms with Gasteiger partial charge in [-0.05, 0) is 66.8 Å². The number of benzene rings is 3. The van der Waals surface area contributed by atoms with E-state index in [9.17, 15) is 26.2 Å². The second kappa shape index (κ2) is 15.2. The van der Waals surface area contributed by atoms with Crippen LogP contribution in [0.15, 0.2) is 87.3 Å². The van der Waals surface area contributed by atoms with Crippen LogP contribution in [0.5, 0.6) is 5.75 Å². The molecule has 0 saturated heterocycles. The number of ether oxygens (including phenoxy) is 1. The van der Waals surface area contributed by atoms with E-state index in [0.29, 0.717) is 42.5 Å². The summed E-state index contributed by atoms with van der Waals surface area (Å²) in [6, 6.07) is 12.2. The minimum atomic E-state index is -4.41. The third-order valence-electron chi connectivity index (χ3n) is 4.94. The summed E-state index contributed by atoms with van der Waals surface area (Å²) in [7, 11) is -8.76. The molecule has 0 heterocycles. The molecule has 0 atom stereocenters. The number of carbonyl (C=O) groups excluding carboxylic acids is 1. The van der Waals surface area contributed by atoms with Crippen LogP contribution in [-0.2, 0) is 25.0 Å². The summed E-state index contributed by atoms with van der Waals surface area (Å²) < 4.78 is 69.8. The Kier molecular flexibility index (Phi) is 13.8. The number of azo groups is 1. The third-order valence-corrected chi connectivity index (χ3v) is 6.65. The Balaban J connectivity index is 0. The fourth-order valence-electron chi connectivity index (χ4n) is 3.14. The van der Waals surface area contributed by atoms with Crippen LogP contribution in [0.3, 0.4) is 0 Å². The predicted octanol–water partition coefficient (Wildman–Crippen LogP) is -1.56. The van der Waals surface area contributed by atoms with Gasteiger partial charge in [0.25, 0.3) is 20.2 Å². The average molecular weight is 582 g/mol. The number of hydrogen-bond donors (Lipinski definition) is 3. The van der Waals surface area contributed by atoms with Gasteiger partial charge in [-0.25, -0.2) is 0 Å². The minimum absolute atomic E-state index is 0. The van der Waals surface area contributed by atoms with Crippen LogP contribution in [0.1, 0.15) is 15.7 Å². The first-order valence-electron chi connectivity index (χ1n) is 10.6. The van der Waals surface area contributed by atoms with Gasteiger partial charge in [0.15, 0.2) is 0 Å². The molecule has 0 aromatic heterocycles. The Morgan fingerprint density at radius 2 is 1.55 bits per heavy atom. The fraction of sp³-hybridized carbons (Fsp3) is 0.174. The molecule has 3 rings (SSSR count). The number of amides is 1. The summed E-state index contributed by atoms with van der Waals surface area (Å²) in [5, 5.41) is 12.0. The number of unbranched alkanes of at least 4 members (excludes halogenated alkanes) is 1. The molecule has 3 aromatic rings. The molecule has 0 fully saturated rings. The molecule has 11 nitrogen and oxygen atoms in total. The molecule has 0 spiro atoms. The van der Waals surface area contributed by atoms with Crippen molar-refractivity contribution in [3.63, 3.8) is 0 Å². The second-order valence-corrected chi connectivity index (χ2v) is 10.3. The monoisotopic (exact) mass is 581 g/mol. The van der Waals surface area contributed by atoms with E-state index in [0.717, 1.165) is 0 Å². The summed E-state index contributed by atoms with van der Waals surface area (Å²) in [6.45, 7) is 4.13. The molecule has 0 bridgehead atoms. The number of nitrogens with zero attached hydrogens (tertiary/aromatic N) is 2. The largest absolute Gasteiger partial charge is 1.00 e. The van der Waals surface area contributed by atoms with Crippen molar-refractivity contribution in [2.24, 2.45) is 10.2 Å². The molecule has 0 aliphatic carbocycles. The van der Waals surface area contributed by atoms with Crippen molar-refractivity contribution in [3.05, 3.63) is 67.3 Å². The molecule has 0 aliphatic heterocycles. The molecule has 3 aromatic carbocycles. The topological polar surface area (TPSA) is 172 Å². The Hall–Kier alpha value is -1.65. The number of fused-ring (bicyclic) bond motifs is 1. The van der Waals surface area contributed by atoms with E-state index in [1.807, 2.05) is 0 Å². The maximum absolute atomic E-state index is 11.5. The third kappa shape index (κ3) is 9.83. The maximum atomic E-state index is 11.5. The van der Waals surface area contributed by atoms with Crippen molar-refractivity contribution in [2.75, 3.05) is 13.2 Å². The van der Waals surface area contributed by atoms with Gasteiger partial charge in [0.1, 0.15) is 11.4 Å². The molecule has 1 amide bonds. The first-order valence-corrected chi connectivity index (χ1v) is 13.4. The molecule has 38 heavy (non-hydrogen) atoms. The van der Waals surface area contributed by atoms with Crippen LogP contribution in [0.25, 0.3) is 10.8 Å². The fourth-order valence-corrected chi connectivity index (χ4v) is 4.13. The second-order valence-electron chi connectivity index (χ2n) is 7.49. The Labute approximate surface area is 267 Å². The molecule has 0 saturated carbocycles. The van der Waals surface area contributed by atoms with Gasteiger partial charge in [-0.2, -0.15) is 21.9 Å². The quantitative estimate of drug-likeness (QED) is 0.0803. The zero-order valence-corrected chi connectivity index (χ0v) is 26.5. The number of rotatable bonds is 11. The average Bonchev–Trinajstić information content (AvgIpc) is 2.83. The molecule has 0 radical (unpaired) electrons. The van der Waals surface area contributed by atoms with Crippen molar-refractivity contribution in [1.29, 1.82) is 0 Å². The molecule has 0 unspecified atom stereocenters. The van der Waals surface area contributed by atoms with Gasteiger partial charge in [0, 0.05) is 11.9 Å². The summed E-state index contributed by atoms with van der Waals surface area (Å²) in [5.41, 5.74) is 0.575. The SMILES string of the molecule is C=CC(=O)NCCCCOc1ccc2cc(S(=O)(=O)O)ccc2c1N=Nc1ccc(S(=O)(=O)O)cc1.[H-].[H-].[Na+].[Na+]. The Morgan fingerprint density at radius 3 is 2.16 bits per heavy atom. The summed E-state index contributed by atoms with van der Waals surface area (Å²) >= 11 is 0. The van der Waals surface area contributed by atoms with Crippen LogP contribution in [0.2, 0.25) is 0 Å². The van der Waals surface area contributed by atoms with Crippen LogP contribution in [-0.4, -0.2) is 45.0 Å². The van der Waals surface area contributed by atoms with E-state index >= 15 is 0 Å². The molecular weight excluding hydrogens is 556 g/mol. The van der Waals surface area contributed by atoms with Crippen molar-refractivity contribution in [1.82, 2.24) is 5.32 Å². The van der Waals surface area contributed by atoms with Crippen molar-refractivity contribution in [3.8, 4) is 5.75 Å². The van der Waals surface area contributed by atoms with E-state index in [1.165, 1.54) is 48.5 Å². The van der Waals surface area contributed by atoms with E-state index in [2.05, 4.69) is 22.1 Å². The van der Waals surface area contributed by atoms with Gasteiger partial charge in [0.2, 0.25) is 5.91 Å². The number of nitrogens with one attached hydrogen (secondary N) is 1. The van der Waals surface area contributed by atoms with Crippen LogP contribution < -0.4 is 69.2 Å². The zero-order chi connectivity index (χ0) is 26.3. The van der Waals surface area contributed by atoms with Gasteiger partial charge in [-0.15, -0.1) is 5.11 Å². The van der Waals surface area contributed by atoms with Gasteiger partial charge in [-0.3, -0.25) is 13.9 Å². The number of hydrogen-bond acceptors (Lipinski definition) is 8. The molecular formula is C23H25N3Na2O8S2. The van der Waals surface area contributed by atoms with Crippen molar-refractivity contribution >= 4 is 48.3 Å². The zero-order valence-electron chi connectivity index (χ0n) is 22.9. The normalized spacial score (nSPS) is 11.4. The molecule has 0 aliphatic rings. The van der Waals surface area contributed by atoms with E-state index in [1.54, 1.807) is 12.1 Å². The van der Waals surface area contributed by atoms with Gasteiger partial charge < -0.3 is 12.9 Å². The smallest absolute Gasteiger partial charge is 1.00 e. The number of carbonyl (C=O) groups is 1. The summed E-state index contributed by atoms with van der Waals surface area (Å²) in [5.74, 6) is 0.0950. The Bertz CT molecular complexity index is 1540. The van der Waals surface area contributed by atoms with Gasteiger partial charge >= 0.3 is 59.1 Å². The van der Waals surface area contributed by atoms with Crippen molar-refractivity contribution in [2.45, 2.75) is 22.6 Å². The standard InChI is InChI=1S/C23H23N3O8S2.2Na.2H/c1-2-22(27)24-13-3-4-14-34-21-12-5-16-15-19(36(31,32)33)10-11-20(16)23(21)26-25-17-6-8-18(9-7-17)35(28,29)30;;;;/h2,5-12,15H,1,3-4,13-14H2,(H,24,27)(H,28,29,30)(H,31,32,33);;;;/q;2*+1;2*-1. The van der Waals surface area contributed by atoms with E-state index < -0.39 is 20.2 Å². The van der Waals surface area contributed by atoms with Gasteiger partial charge in [-0.1, -0.05) is 18.7 Å². The van der Waals surface area contributed by atoms with Crippen LogP contribution >= 0.6 is 0 Å². The molecule has 3 N–H and O–H groups in total. The molecule has 194 valence electrons. The van der Waals surface area contributed by atoms with Crippen LogP contribution in [0.4, 0.5) is 11.4 Å². The minimum Gasteiger partial charge on any atom is -1.00 e. The molecule has 15 heteroatoms. The van der Waals surface area contributed by atoms with Crippen molar-refractivity contribution < 1.29 is 97.4 Å². The van der Waals surface area contributed by atoms with Crippen LogP contribution in [0, 0.1) is 0 Å². The first kappa shape index (κ1) is 34.4. The Morgan fingerprint density at radius 1 is 0.921 bits per heavy atom. The summed E-state index contributed by atoms with van der Waals surface area (Å²) in [4.78, 5) is 10.6.